The molecule has 0 saturated heterocycles. The molecule has 0 saturated carbocycles. The van der Waals surface area contributed by atoms with Crippen LogP contribution in [-0.2, 0) is 19.5 Å². The summed E-state index contributed by atoms with van der Waals surface area (Å²) in [5.41, 5.74) is 9.59. The van der Waals surface area contributed by atoms with Crippen molar-refractivity contribution in [1.82, 2.24) is 19.3 Å². The van der Waals surface area contributed by atoms with E-state index < -0.39 is 5.91 Å². The summed E-state index contributed by atoms with van der Waals surface area (Å²) in [5, 5.41) is 7.27. The fraction of sp³-hybridized carbons (Fsp3) is 0.217. The molecular weight excluding hydrogens is 472 g/mol. The summed E-state index contributed by atoms with van der Waals surface area (Å²) in [5.74, 6) is -0.405. The average molecular weight is 495 g/mol. The number of rotatable bonds is 7. The van der Waals surface area contributed by atoms with E-state index in [1.165, 1.54) is 0 Å². The van der Waals surface area contributed by atoms with Gasteiger partial charge in [0.25, 0.3) is 5.91 Å². The molecule has 0 radical (unpaired) electrons. The molecule has 9 heteroatoms. The molecule has 2 amide bonds. The number of carbonyl (C=O) groups is 2. The normalized spacial score (nSPS) is 11.1. The van der Waals surface area contributed by atoms with Gasteiger partial charge in [0.1, 0.15) is 5.69 Å². The number of halogens is 1. The summed E-state index contributed by atoms with van der Waals surface area (Å²) >= 11 is 3.45. The second kappa shape index (κ2) is 8.96. The molecule has 3 N–H and O–H groups in total. The van der Waals surface area contributed by atoms with E-state index in [1.807, 2.05) is 30.5 Å². The molecule has 2 heterocycles. The van der Waals surface area contributed by atoms with E-state index >= 15 is 0 Å². The van der Waals surface area contributed by atoms with Crippen molar-refractivity contribution < 1.29 is 9.59 Å². The number of fused-ring (bicyclic) bond motifs is 1. The summed E-state index contributed by atoms with van der Waals surface area (Å²) in [6, 6.07) is 15.0. The topological polar surface area (TPSA) is 108 Å². The lowest BCUT2D eigenvalue weighted by molar-refractivity contribution is 0.0996. The van der Waals surface area contributed by atoms with Crippen molar-refractivity contribution in [1.29, 1.82) is 0 Å². The monoisotopic (exact) mass is 494 g/mol. The molecule has 32 heavy (non-hydrogen) atoms. The number of aromatic nitrogens is 4. The second-order valence-electron chi connectivity index (χ2n) is 7.47. The highest BCUT2D eigenvalue weighted by atomic mass is 79.9. The summed E-state index contributed by atoms with van der Waals surface area (Å²) < 4.78 is 4.62. The molecule has 2 aromatic carbocycles. The van der Waals surface area contributed by atoms with Gasteiger partial charge >= 0.3 is 0 Å². The first-order valence-electron chi connectivity index (χ1n) is 10.3. The number of aryl methyl sites for hydroxylation is 4. The maximum Gasteiger partial charge on any atom is 0.276 e. The lowest BCUT2D eigenvalue weighted by Gasteiger charge is -2.11. The van der Waals surface area contributed by atoms with Crippen LogP contribution in [0.2, 0.25) is 0 Å². The molecule has 8 nitrogen and oxygen atoms in total. The predicted molar refractivity (Wildman–Crippen MR) is 127 cm³/mol. The van der Waals surface area contributed by atoms with Crippen LogP contribution in [-0.4, -0.2) is 31.1 Å². The molecule has 4 rings (SSSR count). The molecule has 0 aliphatic carbocycles. The van der Waals surface area contributed by atoms with Crippen LogP contribution < -0.4 is 11.1 Å². The first-order chi connectivity index (χ1) is 15.4. The molecule has 0 aliphatic heterocycles. The Morgan fingerprint density at radius 1 is 1.12 bits per heavy atom. The highest BCUT2D eigenvalue weighted by Crippen LogP contribution is 2.23. The molecule has 0 atom stereocenters. The van der Waals surface area contributed by atoms with Crippen molar-refractivity contribution in [3.8, 4) is 0 Å². The van der Waals surface area contributed by atoms with Crippen LogP contribution in [0.25, 0.3) is 11.0 Å². The number of imidazole rings is 1. The molecule has 2 aromatic heterocycles. The lowest BCUT2D eigenvalue weighted by atomic mass is 10.1. The van der Waals surface area contributed by atoms with Crippen molar-refractivity contribution in [3.63, 3.8) is 0 Å². The zero-order valence-corrected chi connectivity index (χ0v) is 19.4. The molecule has 0 fully saturated rings. The predicted octanol–water partition coefficient (Wildman–Crippen LogP) is 3.92. The van der Waals surface area contributed by atoms with Crippen LogP contribution >= 0.6 is 15.9 Å². The third-order valence-electron chi connectivity index (χ3n) is 5.23. The Balaban J connectivity index is 1.70. The van der Waals surface area contributed by atoms with Gasteiger partial charge in [-0.1, -0.05) is 28.1 Å². The van der Waals surface area contributed by atoms with E-state index in [4.69, 9.17) is 5.73 Å². The van der Waals surface area contributed by atoms with E-state index in [0.29, 0.717) is 35.8 Å². The highest BCUT2D eigenvalue weighted by molar-refractivity contribution is 9.10. The zero-order valence-electron chi connectivity index (χ0n) is 17.8. The first kappa shape index (κ1) is 21.8. The number of hydrogen-bond acceptors (Lipinski definition) is 4. The maximum absolute atomic E-state index is 13.0. The van der Waals surface area contributed by atoms with E-state index in [0.717, 1.165) is 27.7 Å². The fourth-order valence-electron chi connectivity index (χ4n) is 3.63. The fourth-order valence-corrected chi connectivity index (χ4v) is 3.90. The van der Waals surface area contributed by atoms with Crippen molar-refractivity contribution in [2.24, 2.45) is 5.73 Å². The Morgan fingerprint density at radius 2 is 1.88 bits per heavy atom. The number of nitrogens with two attached hydrogens (primary N) is 1. The smallest absolute Gasteiger partial charge is 0.276 e. The average Bonchev–Trinajstić information content (AvgIpc) is 3.32. The van der Waals surface area contributed by atoms with Crippen LogP contribution in [0.1, 0.15) is 39.0 Å². The number of hydrogen-bond donors (Lipinski definition) is 2. The van der Waals surface area contributed by atoms with Crippen LogP contribution in [0.5, 0.6) is 0 Å². The van der Waals surface area contributed by atoms with Crippen molar-refractivity contribution in [2.75, 3.05) is 5.32 Å². The van der Waals surface area contributed by atoms with Crippen molar-refractivity contribution in [3.05, 3.63) is 75.5 Å². The van der Waals surface area contributed by atoms with Gasteiger partial charge in [-0.3, -0.25) is 19.6 Å². The Labute approximate surface area is 193 Å². The van der Waals surface area contributed by atoms with Gasteiger partial charge in [-0.05, 0) is 62.2 Å². The van der Waals surface area contributed by atoms with Crippen LogP contribution in [0.3, 0.4) is 0 Å². The number of benzene rings is 2. The van der Waals surface area contributed by atoms with E-state index in [2.05, 4.69) is 43.5 Å². The SMILES string of the molecule is CCn1nc(C)cc1C(=O)Nc1nc2cc(C(N)=O)ccc2n1CCc1ccc(Br)cc1. The number of nitrogens with one attached hydrogen (secondary N) is 1. The van der Waals surface area contributed by atoms with Crippen molar-refractivity contribution in [2.45, 2.75) is 33.4 Å². The van der Waals surface area contributed by atoms with E-state index in [1.54, 1.807) is 28.9 Å². The summed E-state index contributed by atoms with van der Waals surface area (Å²) in [4.78, 5) is 29.2. The van der Waals surface area contributed by atoms with Gasteiger partial charge in [-0.15, -0.1) is 0 Å². The van der Waals surface area contributed by atoms with Gasteiger partial charge in [0.15, 0.2) is 0 Å². The number of primary amides is 1. The molecular formula is C23H23BrN6O2. The minimum Gasteiger partial charge on any atom is -0.366 e. The van der Waals surface area contributed by atoms with Gasteiger partial charge in [-0.25, -0.2) is 4.98 Å². The van der Waals surface area contributed by atoms with Gasteiger partial charge in [0.05, 0.1) is 16.7 Å². The minimum atomic E-state index is -0.524. The highest BCUT2D eigenvalue weighted by Gasteiger charge is 2.18. The molecule has 0 spiro atoms. The Hall–Kier alpha value is -3.46. The zero-order chi connectivity index (χ0) is 22.8. The van der Waals surface area contributed by atoms with Gasteiger partial charge in [0.2, 0.25) is 11.9 Å². The van der Waals surface area contributed by atoms with Gasteiger partial charge < -0.3 is 10.3 Å². The van der Waals surface area contributed by atoms with Crippen LogP contribution in [0.4, 0.5) is 5.95 Å². The molecule has 0 unspecified atom stereocenters. The number of carbonyl (C=O) groups excluding carboxylic acids is 2. The minimum absolute atomic E-state index is 0.289. The Kier molecular flexibility index (Phi) is 6.09. The quantitative estimate of drug-likeness (QED) is 0.405. The van der Waals surface area contributed by atoms with Crippen LogP contribution in [0.15, 0.2) is 53.0 Å². The number of anilines is 1. The third-order valence-corrected chi connectivity index (χ3v) is 5.76. The van der Waals surface area contributed by atoms with E-state index in [-0.39, 0.29) is 5.91 Å². The molecule has 0 bridgehead atoms. The maximum atomic E-state index is 13.0. The van der Waals surface area contributed by atoms with Crippen LogP contribution in [0, 0.1) is 6.92 Å². The third kappa shape index (κ3) is 4.43. The Bertz CT molecular complexity index is 1310. The standard InChI is InChI=1S/C23H23BrN6O2/c1-3-30-20(12-14(2)28-30)22(32)27-23-26-18-13-16(21(25)31)6-9-19(18)29(23)11-10-15-4-7-17(24)8-5-15/h4-9,12-13H,3,10-11H2,1-2H3,(H2,25,31)(H,26,27,32). The van der Waals surface area contributed by atoms with Gasteiger partial charge in [0, 0.05) is 23.1 Å². The first-order valence-corrected chi connectivity index (χ1v) is 11.1. The second-order valence-corrected chi connectivity index (χ2v) is 8.39. The van der Waals surface area contributed by atoms with Gasteiger partial charge in [-0.2, -0.15) is 5.10 Å². The van der Waals surface area contributed by atoms with Crippen molar-refractivity contribution >= 4 is 44.7 Å². The summed E-state index contributed by atoms with van der Waals surface area (Å²) in [6.07, 6.45) is 0.741. The molecule has 0 aliphatic rings. The molecule has 164 valence electrons. The summed E-state index contributed by atoms with van der Waals surface area (Å²) in [7, 11) is 0. The number of nitrogens with zero attached hydrogens (tertiary/aromatic N) is 4. The molecule has 4 aromatic rings. The van der Waals surface area contributed by atoms with E-state index in [9.17, 15) is 9.59 Å². The largest absolute Gasteiger partial charge is 0.366 e. The lowest BCUT2D eigenvalue weighted by Crippen LogP contribution is -2.20. The summed E-state index contributed by atoms with van der Waals surface area (Å²) in [6.45, 7) is 4.96. The number of amides is 2. The Morgan fingerprint density at radius 3 is 2.56 bits per heavy atom.